The van der Waals surface area contributed by atoms with E-state index < -0.39 is 0 Å². The van der Waals surface area contributed by atoms with E-state index in [0.29, 0.717) is 0 Å². The Kier molecular flexibility index (Phi) is 1.55. The fourth-order valence-corrected chi connectivity index (χ4v) is 2.82. The molecule has 0 fully saturated rings. The van der Waals surface area contributed by atoms with Gasteiger partial charge in [0, 0.05) is 29.2 Å². The van der Waals surface area contributed by atoms with Crippen molar-refractivity contribution in [1.29, 1.82) is 0 Å². The molecule has 0 saturated carbocycles. The smallest absolute Gasteiger partial charge is 0.186 e. The Morgan fingerprint density at radius 3 is 3.00 bits per heavy atom. The summed E-state index contributed by atoms with van der Waals surface area (Å²) >= 11 is 1.79. The lowest BCUT2D eigenvalue weighted by Gasteiger charge is -1.88. The van der Waals surface area contributed by atoms with E-state index in [9.17, 15) is 0 Å². The van der Waals surface area contributed by atoms with E-state index in [1.807, 2.05) is 19.4 Å². The van der Waals surface area contributed by atoms with E-state index >= 15 is 0 Å². The summed E-state index contributed by atoms with van der Waals surface area (Å²) in [6.07, 6.45) is 8.01. The van der Waals surface area contributed by atoms with Crippen molar-refractivity contribution in [2.75, 3.05) is 0 Å². The lowest BCUT2D eigenvalue weighted by atomic mass is 10.2. The Hall–Kier alpha value is -1.48. The quantitative estimate of drug-likeness (QED) is 0.510. The first-order chi connectivity index (χ1) is 6.84. The Morgan fingerprint density at radius 1 is 1.21 bits per heavy atom. The van der Waals surface area contributed by atoms with Gasteiger partial charge in [-0.15, -0.1) is 11.3 Å². The normalized spacial score (nSPS) is 11.2. The summed E-state index contributed by atoms with van der Waals surface area (Å²) in [5.74, 6) is 0. The van der Waals surface area contributed by atoms with Gasteiger partial charge in [0.2, 0.25) is 0 Å². The number of fused-ring (bicyclic) bond motifs is 3. The summed E-state index contributed by atoms with van der Waals surface area (Å²) in [5.41, 5.74) is 0. The van der Waals surface area contributed by atoms with Crippen LogP contribution in [0.25, 0.3) is 20.2 Å². The maximum atomic E-state index is 4.13. The van der Waals surface area contributed by atoms with E-state index in [1.54, 1.807) is 11.3 Å². The second kappa shape index (κ2) is 2.75. The minimum atomic E-state index is 1.26. The molecule has 0 saturated heterocycles. The number of hydrogen-bond acceptors (Lipinski definition) is 2. The summed E-state index contributed by atoms with van der Waals surface area (Å²) in [6, 6.07) is 4.24. The highest BCUT2D eigenvalue weighted by Crippen LogP contribution is 2.31. The van der Waals surface area contributed by atoms with Crippen molar-refractivity contribution in [1.82, 2.24) is 4.98 Å². The highest BCUT2D eigenvalue weighted by atomic mass is 32.1. The lowest BCUT2D eigenvalue weighted by molar-refractivity contribution is -0.670. The van der Waals surface area contributed by atoms with Gasteiger partial charge in [-0.25, -0.2) is 4.57 Å². The molecule has 3 aromatic rings. The first-order valence-corrected chi connectivity index (χ1v) is 5.28. The maximum Gasteiger partial charge on any atom is 0.186 e. The molecular formula is C11H9N2S+. The molecule has 3 heteroatoms. The first kappa shape index (κ1) is 7.88. The fourth-order valence-electron chi connectivity index (χ4n) is 1.68. The molecule has 0 amide bonds. The van der Waals surface area contributed by atoms with Crippen LogP contribution in [-0.2, 0) is 7.05 Å². The zero-order chi connectivity index (χ0) is 9.54. The van der Waals surface area contributed by atoms with Gasteiger partial charge in [-0.2, -0.15) is 0 Å². The number of aromatic nitrogens is 2. The predicted octanol–water partition coefficient (Wildman–Crippen LogP) is 2.27. The van der Waals surface area contributed by atoms with Crippen molar-refractivity contribution in [3.05, 3.63) is 36.9 Å². The Balaban J connectivity index is 2.57. The molecule has 0 aliphatic rings. The number of nitrogens with zero attached hydrogens (tertiary/aromatic N) is 2. The van der Waals surface area contributed by atoms with Crippen LogP contribution >= 0.6 is 11.3 Å². The Labute approximate surface area is 85.4 Å². The molecule has 68 valence electrons. The zero-order valence-electron chi connectivity index (χ0n) is 7.77. The molecule has 0 unspecified atom stereocenters. The van der Waals surface area contributed by atoms with Crippen molar-refractivity contribution in [3.8, 4) is 0 Å². The van der Waals surface area contributed by atoms with Crippen LogP contribution in [-0.4, -0.2) is 4.98 Å². The topological polar surface area (TPSA) is 16.8 Å². The molecule has 3 aromatic heterocycles. The molecule has 0 bridgehead atoms. The van der Waals surface area contributed by atoms with Crippen LogP contribution in [0.4, 0.5) is 0 Å². The highest BCUT2D eigenvalue weighted by Gasteiger charge is 2.06. The average Bonchev–Trinajstić information content (AvgIpc) is 2.54. The summed E-state index contributed by atoms with van der Waals surface area (Å²) in [6.45, 7) is 0. The zero-order valence-corrected chi connectivity index (χ0v) is 8.58. The van der Waals surface area contributed by atoms with E-state index in [0.717, 1.165) is 0 Å². The SMILES string of the molecule is C[n+]1ccc2c(c1)sc1cnccc12. The Bertz CT molecular complexity index is 613. The van der Waals surface area contributed by atoms with Gasteiger partial charge in [0.1, 0.15) is 7.05 Å². The second-order valence-electron chi connectivity index (χ2n) is 3.36. The third kappa shape index (κ3) is 1.02. The van der Waals surface area contributed by atoms with Gasteiger partial charge in [0.25, 0.3) is 0 Å². The number of aryl methyl sites for hydroxylation is 1. The number of hydrogen-bond donors (Lipinski definition) is 0. The van der Waals surface area contributed by atoms with Crippen molar-refractivity contribution >= 4 is 31.5 Å². The van der Waals surface area contributed by atoms with Gasteiger partial charge < -0.3 is 0 Å². The maximum absolute atomic E-state index is 4.13. The van der Waals surface area contributed by atoms with Crippen LogP contribution in [0, 0.1) is 0 Å². The van der Waals surface area contributed by atoms with Gasteiger partial charge in [-0.1, -0.05) is 0 Å². The van der Waals surface area contributed by atoms with E-state index in [-0.39, 0.29) is 0 Å². The standard InChI is InChI=1S/C11H9N2S/c1-13-5-3-9-8-2-4-12-6-10(8)14-11(9)7-13/h2-7H,1H3/q+1. The van der Waals surface area contributed by atoms with Gasteiger partial charge in [-0.05, 0) is 6.07 Å². The van der Waals surface area contributed by atoms with Gasteiger partial charge in [-0.3, -0.25) is 4.98 Å². The number of pyridine rings is 2. The van der Waals surface area contributed by atoms with Crippen molar-refractivity contribution in [3.63, 3.8) is 0 Å². The largest absolute Gasteiger partial charge is 0.263 e. The Morgan fingerprint density at radius 2 is 2.07 bits per heavy atom. The summed E-state index contributed by atoms with van der Waals surface area (Å²) in [5, 5.41) is 2.63. The minimum Gasteiger partial charge on any atom is -0.263 e. The van der Waals surface area contributed by atoms with Crippen LogP contribution in [0.1, 0.15) is 0 Å². The van der Waals surface area contributed by atoms with Crippen LogP contribution in [0.2, 0.25) is 0 Å². The van der Waals surface area contributed by atoms with E-state index in [1.165, 1.54) is 20.2 Å². The molecule has 2 nitrogen and oxygen atoms in total. The number of thiophene rings is 1. The summed E-state index contributed by atoms with van der Waals surface area (Å²) in [4.78, 5) is 4.13. The van der Waals surface area contributed by atoms with E-state index in [2.05, 4.69) is 34.1 Å². The van der Waals surface area contributed by atoms with Crippen LogP contribution in [0.5, 0.6) is 0 Å². The number of rotatable bonds is 0. The second-order valence-corrected chi connectivity index (χ2v) is 4.45. The monoisotopic (exact) mass is 201 g/mol. The van der Waals surface area contributed by atoms with Crippen molar-refractivity contribution < 1.29 is 4.57 Å². The molecule has 0 radical (unpaired) electrons. The van der Waals surface area contributed by atoms with Gasteiger partial charge in [0.05, 0.1) is 9.40 Å². The van der Waals surface area contributed by atoms with Crippen LogP contribution in [0.15, 0.2) is 36.9 Å². The molecule has 0 spiro atoms. The summed E-state index contributed by atoms with van der Waals surface area (Å²) in [7, 11) is 2.04. The minimum absolute atomic E-state index is 1.26. The molecule has 0 aromatic carbocycles. The van der Waals surface area contributed by atoms with Crippen LogP contribution in [0.3, 0.4) is 0 Å². The average molecular weight is 201 g/mol. The molecule has 0 aliphatic heterocycles. The molecule has 0 aliphatic carbocycles. The third-order valence-electron chi connectivity index (χ3n) is 2.36. The summed E-state index contributed by atoms with van der Waals surface area (Å²) < 4.78 is 4.65. The van der Waals surface area contributed by atoms with Crippen molar-refractivity contribution in [2.45, 2.75) is 0 Å². The van der Waals surface area contributed by atoms with Crippen LogP contribution < -0.4 is 4.57 Å². The third-order valence-corrected chi connectivity index (χ3v) is 3.45. The molecule has 0 N–H and O–H groups in total. The highest BCUT2D eigenvalue weighted by molar-refractivity contribution is 7.25. The van der Waals surface area contributed by atoms with Gasteiger partial charge in [0.15, 0.2) is 12.4 Å². The molecule has 0 atom stereocenters. The lowest BCUT2D eigenvalue weighted by Crippen LogP contribution is -2.25. The molecular weight excluding hydrogens is 192 g/mol. The van der Waals surface area contributed by atoms with Gasteiger partial charge >= 0.3 is 0 Å². The predicted molar refractivity (Wildman–Crippen MR) is 58.3 cm³/mol. The molecule has 3 rings (SSSR count). The first-order valence-electron chi connectivity index (χ1n) is 4.46. The van der Waals surface area contributed by atoms with E-state index in [4.69, 9.17) is 0 Å². The molecule has 3 heterocycles. The molecule has 14 heavy (non-hydrogen) atoms. The van der Waals surface area contributed by atoms with Crippen molar-refractivity contribution in [2.24, 2.45) is 7.05 Å². The fraction of sp³-hybridized carbons (Fsp3) is 0.0909.